The molecule has 0 aromatic heterocycles. The fourth-order valence-corrected chi connectivity index (χ4v) is 3.57. The molecule has 3 atom stereocenters. The number of carbonyl (C=O) groups excluding carboxylic acids is 2. The third-order valence-corrected chi connectivity index (χ3v) is 5.57. The molecule has 3 unspecified atom stereocenters. The summed E-state index contributed by atoms with van der Waals surface area (Å²) in [5.74, 6) is -3.18. The number of esters is 2. The van der Waals surface area contributed by atoms with Crippen molar-refractivity contribution in [1.82, 2.24) is 0 Å². The Morgan fingerprint density at radius 1 is 0.964 bits per heavy atom. The van der Waals surface area contributed by atoms with E-state index in [-0.39, 0.29) is 25.0 Å². The van der Waals surface area contributed by atoms with E-state index in [2.05, 4.69) is 13.8 Å². The van der Waals surface area contributed by atoms with Crippen molar-refractivity contribution in [2.75, 3.05) is 19.0 Å². The Bertz CT molecular complexity index is 545. The van der Waals surface area contributed by atoms with Gasteiger partial charge in [0.05, 0.1) is 31.3 Å². The Morgan fingerprint density at radius 2 is 1.57 bits per heavy atom. The molecular weight excluding hydrogens is 384 g/mol. The number of carbonyl (C=O) groups is 2. The van der Waals surface area contributed by atoms with Crippen LogP contribution < -0.4 is 0 Å². The molecule has 28 heavy (non-hydrogen) atoms. The molecule has 8 heteroatoms. The van der Waals surface area contributed by atoms with E-state index >= 15 is 0 Å². The number of ether oxygens (including phenoxy) is 2. The number of hydrogen-bond donors (Lipinski definition) is 1. The minimum atomic E-state index is -4.42. The van der Waals surface area contributed by atoms with Crippen molar-refractivity contribution < 1.29 is 32.0 Å². The minimum absolute atomic E-state index is 0.145. The van der Waals surface area contributed by atoms with E-state index in [0.29, 0.717) is 0 Å². The van der Waals surface area contributed by atoms with Gasteiger partial charge in [0.1, 0.15) is 0 Å². The zero-order valence-corrected chi connectivity index (χ0v) is 18.6. The fourth-order valence-electron chi connectivity index (χ4n) is 2.81. The van der Waals surface area contributed by atoms with Gasteiger partial charge in [-0.3, -0.25) is 14.1 Å². The predicted molar refractivity (Wildman–Crippen MR) is 108 cm³/mol. The third-order valence-electron chi connectivity index (χ3n) is 4.74. The molecule has 166 valence electrons. The van der Waals surface area contributed by atoms with E-state index in [4.69, 9.17) is 14.0 Å². The molecule has 0 aliphatic heterocycles. The van der Waals surface area contributed by atoms with Gasteiger partial charge in [-0.2, -0.15) is 8.42 Å². The second-order valence-electron chi connectivity index (χ2n) is 7.63. The second-order valence-corrected chi connectivity index (χ2v) is 9.12. The van der Waals surface area contributed by atoms with E-state index in [1.807, 2.05) is 13.8 Å². The number of unbranched alkanes of at least 4 members (excludes halogenated alkanes) is 2. The zero-order valence-electron chi connectivity index (χ0n) is 17.8. The standard InChI is InChI=1S/C20H38O7S/c1-5-8-10-16(4)13-27-20(22)18(15-28(23,24)25)12-19(21)26-14-17(7-3)11-9-6-2/h16-18H,5-15H2,1-4H3,(H,23,24,25). The first-order valence-electron chi connectivity index (χ1n) is 10.4. The summed E-state index contributed by atoms with van der Waals surface area (Å²) in [5, 5.41) is 0. The van der Waals surface area contributed by atoms with E-state index < -0.39 is 40.1 Å². The molecule has 0 radical (unpaired) electrons. The molecule has 0 fully saturated rings. The molecule has 1 N–H and O–H groups in total. The Kier molecular flexibility index (Phi) is 14.2. The summed E-state index contributed by atoms with van der Waals surface area (Å²) in [6, 6.07) is 0. The van der Waals surface area contributed by atoms with E-state index in [0.717, 1.165) is 44.9 Å². The van der Waals surface area contributed by atoms with Crippen molar-refractivity contribution in [3.8, 4) is 0 Å². The average Bonchev–Trinajstić information content (AvgIpc) is 2.62. The van der Waals surface area contributed by atoms with Crippen molar-refractivity contribution in [3.63, 3.8) is 0 Å². The minimum Gasteiger partial charge on any atom is -0.465 e. The average molecular weight is 423 g/mol. The maximum atomic E-state index is 12.3. The maximum absolute atomic E-state index is 12.3. The highest BCUT2D eigenvalue weighted by atomic mass is 32.2. The Balaban J connectivity index is 4.69. The van der Waals surface area contributed by atoms with Gasteiger partial charge < -0.3 is 9.47 Å². The highest BCUT2D eigenvalue weighted by Gasteiger charge is 2.29. The molecule has 0 amide bonds. The summed E-state index contributed by atoms with van der Waals surface area (Å²) in [5.41, 5.74) is 0. The van der Waals surface area contributed by atoms with Crippen molar-refractivity contribution >= 4 is 22.1 Å². The molecule has 0 saturated heterocycles. The molecule has 0 aromatic carbocycles. The first-order valence-corrected chi connectivity index (χ1v) is 12.0. The smallest absolute Gasteiger partial charge is 0.310 e. The van der Waals surface area contributed by atoms with Crippen LogP contribution in [0, 0.1) is 17.8 Å². The van der Waals surface area contributed by atoms with E-state index in [9.17, 15) is 18.0 Å². The van der Waals surface area contributed by atoms with Crippen LogP contribution in [0.25, 0.3) is 0 Å². The van der Waals surface area contributed by atoms with Gasteiger partial charge in [-0.25, -0.2) is 0 Å². The van der Waals surface area contributed by atoms with Gasteiger partial charge in [0.25, 0.3) is 10.1 Å². The van der Waals surface area contributed by atoms with Gasteiger partial charge in [0.15, 0.2) is 0 Å². The lowest BCUT2D eigenvalue weighted by Gasteiger charge is -2.18. The molecule has 0 heterocycles. The molecule has 0 aromatic rings. The lowest BCUT2D eigenvalue weighted by Crippen LogP contribution is -2.30. The van der Waals surface area contributed by atoms with Gasteiger partial charge >= 0.3 is 11.9 Å². The SMILES string of the molecule is CCCCC(C)COC(=O)C(CC(=O)OCC(CC)CCCC)CS(=O)(=O)O. The first-order chi connectivity index (χ1) is 13.1. The maximum Gasteiger partial charge on any atom is 0.310 e. The van der Waals surface area contributed by atoms with Gasteiger partial charge in [-0.1, -0.05) is 59.8 Å². The molecule has 0 spiro atoms. The molecular formula is C20H38O7S. The van der Waals surface area contributed by atoms with Crippen LogP contribution in [-0.2, 0) is 29.2 Å². The van der Waals surface area contributed by atoms with E-state index in [1.165, 1.54) is 0 Å². The van der Waals surface area contributed by atoms with Crippen LogP contribution in [0.1, 0.15) is 79.1 Å². The summed E-state index contributed by atoms with van der Waals surface area (Å²) in [6.45, 7) is 8.52. The van der Waals surface area contributed by atoms with Gasteiger partial charge in [-0.05, 0) is 24.7 Å². The summed E-state index contributed by atoms with van der Waals surface area (Å²) in [6.07, 6.45) is 6.44. The topological polar surface area (TPSA) is 107 Å². The van der Waals surface area contributed by atoms with Crippen LogP contribution >= 0.6 is 0 Å². The van der Waals surface area contributed by atoms with E-state index in [1.54, 1.807) is 0 Å². The van der Waals surface area contributed by atoms with Crippen LogP contribution in [0.5, 0.6) is 0 Å². The second kappa shape index (κ2) is 14.8. The van der Waals surface area contributed by atoms with Crippen LogP contribution in [0.4, 0.5) is 0 Å². The summed E-state index contributed by atoms with van der Waals surface area (Å²) >= 11 is 0. The summed E-state index contributed by atoms with van der Waals surface area (Å²) in [7, 11) is -4.42. The molecule has 0 aliphatic rings. The first kappa shape index (κ1) is 26.9. The number of hydrogen-bond acceptors (Lipinski definition) is 6. The Labute approximate surface area is 170 Å². The van der Waals surface area contributed by atoms with Crippen molar-refractivity contribution in [2.24, 2.45) is 17.8 Å². The number of rotatable bonds is 16. The van der Waals surface area contributed by atoms with Gasteiger partial charge in [-0.15, -0.1) is 0 Å². The highest BCUT2D eigenvalue weighted by Crippen LogP contribution is 2.16. The van der Waals surface area contributed by atoms with Crippen LogP contribution in [0.15, 0.2) is 0 Å². The fraction of sp³-hybridized carbons (Fsp3) is 0.900. The molecule has 0 bridgehead atoms. The van der Waals surface area contributed by atoms with Crippen molar-refractivity contribution in [3.05, 3.63) is 0 Å². The highest BCUT2D eigenvalue weighted by molar-refractivity contribution is 7.85. The lowest BCUT2D eigenvalue weighted by atomic mass is 10.0. The predicted octanol–water partition coefficient (Wildman–Crippen LogP) is 4.01. The largest absolute Gasteiger partial charge is 0.465 e. The zero-order chi connectivity index (χ0) is 21.6. The third kappa shape index (κ3) is 13.9. The Hall–Kier alpha value is -1.15. The van der Waals surface area contributed by atoms with Crippen LogP contribution in [0.3, 0.4) is 0 Å². The van der Waals surface area contributed by atoms with Crippen molar-refractivity contribution in [2.45, 2.75) is 79.1 Å². The normalized spacial score (nSPS) is 14.9. The summed E-state index contributed by atoms with van der Waals surface area (Å²) in [4.78, 5) is 24.4. The van der Waals surface area contributed by atoms with Crippen LogP contribution in [0.2, 0.25) is 0 Å². The molecule has 0 aliphatic carbocycles. The van der Waals surface area contributed by atoms with Crippen LogP contribution in [-0.4, -0.2) is 43.9 Å². The summed E-state index contributed by atoms with van der Waals surface area (Å²) < 4.78 is 42.0. The lowest BCUT2D eigenvalue weighted by molar-refractivity contribution is -0.155. The molecule has 0 rings (SSSR count). The van der Waals surface area contributed by atoms with Crippen molar-refractivity contribution in [1.29, 1.82) is 0 Å². The molecule has 7 nitrogen and oxygen atoms in total. The van der Waals surface area contributed by atoms with Gasteiger partial charge in [0.2, 0.25) is 0 Å². The van der Waals surface area contributed by atoms with Gasteiger partial charge in [0, 0.05) is 0 Å². The Morgan fingerprint density at radius 3 is 2.11 bits per heavy atom. The quantitative estimate of drug-likeness (QED) is 0.296. The molecule has 0 saturated carbocycles. The monoisotopic (exact) mass is 422 g/mol.